The molecule has 1 N–H and O–H groups in total. The van der Waals surface area contributed by atoms with Crippen molar-refractivity contribution in [1.82, 2.24) is 10.2 Å². The van der Waals surface area contributed by atoms with E-state index in [0.29, 0.717) is 17.5 Å². The Labute approximate surface area is 133 Å². The summed E-state index contributed by atoms with van der Waals surface area (Å²) in [5.41, 5.74) is 1.21. The zero-order valence-corrected chi connectivity index (χ0v) is 13.4. The van der Waals surface area contributed by atoms with Crippen LogP contribution >= 0.6 is 0 Å². The Morgan fingerprint density at radius 1 is 1.22 bits per heavy atom. The number of benzene rings is 1. The quantitative estimate of drug-likeness (QED) is 0.804. The molecule has 0 aliphatic carbocycles. The van der Waals surface area contributed by atoms with Gasteiger partial charge in [-0.15, -0.1) is 0 Å². The first-order valence-electron chi connectivity index (χ1n) is 7.66. The molecule has 1 aromatic carbocycles. The number of hydrogen-bond donors (Lipinski definition) is 1. The summed E-state index contributed by atoms with van der Waals surface area (Å²) in [6.07, 6.45) is 0.511. The molecule has 122 valence electrons. The van der Waals surface area contributed by atoms with Crippen molar-refractivity contribution in [2.75, 3.05) is 0 Å². The first-order chi connectivity index (χ1) is 10.7. The summed E-state index contributed by atoms with van der Waals surface area (Å²) in [6.45, 7) is 6.00. The molecule has 0 aromatic heterocycles. The molecule has 0 unspecified atom stereocenters. The first kappa shape index (κ1) is 15.6. The predicted octanol–water partition coefficient (Wildman–Crippen LogP) is 1.88. The summed E-state index contributed by atoms with van der Waals surface area (Å²) < 4.78 is 14.3. The number of rotatable bonds is 1. The second-order valence-electron chi connectivity index (χ2n) is 7.14. The highest BCUT2D eigenvalue weighted by Crippen LogP contribution is 2.33. The summed E-state index contributed by atoms with van der Waals surface area (Å²) in [6, 6.07) is 2.31. The smallest absolute Gasteiger partial charge is 0.255 e. The van der Waals surface area contributed by atoms with Crippen molar-refractivity contribution in [1.29, 1.82) is 0 Å². The lowest BCUT2D eigenvalue weighted by Crippen LogP contribution is -2.52. The fraction of sp³-hybridized carbons (Fsp3) is 0.471. The molecule has 0 bridgehead atoms. The van der Waals surface area contributed by atoms with E-state index in [1.165, 1.54) is 11.0 Å². The van der Waals surface area contributed by atoms with E-state index in [9.17, 15) is 18.8 Å². The number of hydrogen-bond acceptors (Lipinski definition) is 3. The molecule has 2 aliphatic rings. The molecule has 0 radical (unpaired) electrons. The van der Waals surface area contributed by atoms with Crippen LogP contribution in [0.25, 0.3) is 0 Å². The summed E-state index contributed by atoms with van der Waals surface area (Å²) in [5.74, 6) is -1.54. The van der Waals surface area contributed by atoms with E-state index in [1.54, 1.807) is 6.07 Å². The molecule has 23 heavy (non-hydrogen) atoms. The summed E-state index contributed by atoms with van der Waals surface area (Å²) in [4.78, 5) is 37.2. The van der Waals surface area contributed by atoms with Crippen molar-refractivity contribution in [3.05, 3.63) is 34.6 Å². The summed E-state index contributed by atoms with van der Waals surface area (Å²) >= 11 is 0. The van der Waals surface area contributed by atoms with Gasteiger partial charge in [0, 0.05) is 18.5 Å². The van der Waals surface area contributed by atoms with Crippen LogP contribution < -0.4 is 5.32 Å². The topological polar surface area (TPSA) is 66.5 Å². The molecule has 1 fully saturated rings. The average Bonchev–Trinajstić information content (AvgIpc) is 2.74. The highest BCUT2D eigenvalue weighted by atomic mass is 19.1. The number of fused-ring (bicyclic) bond motifs is 1. The number of piperidine rings is 1. The Balaban J connectivity index is 1.93. The van der Waals surface area contributed by atoms with E-state index in [0.717, 1.165) is 5.56 Å². The highest BCUT2D eigenvalue weighted by Gasteiger charge is 2.40. The van der Waals surface area contributed by atoms with Crippen molar-refractivity contribution in [3.8, 4) is 0 Å². The van der Waals surface area contributed by atoms with Gasteiger partial charge < -0.3 is 4.90 Å². The molecule has 0 spiro atoms. The van der Waals surface area contributed by atoms with E-state index in [1.807, 2.05) is 20.8 Å². The molecule has 1 saturated heterocycles. The first-order valence-corrected chi connectivity index (χ1v) is 7.66. The second-order valence-corrected chi connectivity index (χ2v) is 7.14. The molecule has 3 amide bonds. The van der Waals surface area contributed by atoms with Gasteiger partial charge in [0.25, 0.3) is 5.91 Å². The van der Waals surface area contributed by atoms with E-state index >= 15 is 0 Å². The van der Waals surface area contributed by atoms with Gasteiger partial charge in [-0.05, 0) is 35.1 Å². The Kier molecular flexibility index (Phi) is 3.50. The lowest BCUT2D eigenvalue weighted by atomic mass is 9.85. The molecular weight excluding hydrogens is 299 g/mol. The Morgan fingerprint density at radius 2 is 1.91 bits per heavy atom. The van der Waals surface area contributed by atoms with E-state index in [2.05, 4.69) is 5.32 Å². The van der Waals surface area contributed by atoms with E-state index in [-0.39, 0.29) is 30.2 Å². The van der Waals surface area contributed by atoms with Gasteiger partial charge in [-0.1, -0.05) is 20.8 Å². The maximum Gasteiger partial charge on any atom is 0.255 e. The third-order valence-corrected chi connectivity index (χ3v) is 4.42. The SMILES string of the molecule is CC(C)(C)c1cc2c(cc1F)C(=O)N([C@H]1CCC(=O)NC1=O)C2. The van der Waals surface area contributed by atoms with Crippen molar-refractivity contribution in [2.24, 2.45) is 0 Å². The van der Waals surface area contributed by atoms with Crippen molar-refractivity contribution < 1.29 is 18.8 Å². The Bertz CT molecular complexity index is 721. The van der Waals surface area contributed by atoms with Crippen LogP contribution in [0.2, 0.25) is 0 Å². The third kappa shape index (κ3) is 2.62. The Morgan fingerprint density at radius 3 is 2.52 bits per heavy atom. The van der Waals surface area contributed by atoms with Gasteiger partial charge in [0.1, 0.15) is 11.9 Å². The maximum absolute atomic E-state index is 14.3. The van der Waals surface area contributed by atoms with Gasteiger partial charge in [0.05, 0.1) is 0 Å². The third-order valence-electron chi connectivity index (χ3n) is 4.42. The normalized spacial score (nSPS) is 21.5. The molecule has 5 nitrogen and oxygen atoms in total. The molecule has 6 heteroatoms. The van der Waals surface area contributed by atoms with Gasteiger partial charge in [-0.2, -0.15) is 0 Å². The number of amides is 3. The Hall–Kier alpha value is -2.24. The van der Waals surface area contributed by atoms with Crippen LogP contribution in [0.15, 0.2) is 12.1 Å². The molecule has 2 aliphatic heterocycles. The number of halogens is 1. The molecular formula is C17H19FN2O3. The minimum atomic E-state index is -0.672. The zero-order valence-electron chi connectivity index (χ0n) is 13.4. The van der Waals surface area contributed by atoms with Gasteiger partial charge in [-0.3, -0.25) is 19.7 Å². The van der Waals surface area contributed by atoms with Crippen LogP contribution in [0, 0.1) is 5.82 Å². The largest absolute Gasteiger partial charge is 0.322 e. The number of nitrogens with one attached hydrogen (secondary N) is 1. The van der Waals surface area contributed by atoms with Crippen molar-refractivity contribution >= 4 is 17.7 Å². The minimum Gasteiger partial charge on any atom is -0.322 e. The summed E-state index contributed by atoms with van der Waals surface area (Å²) in [5, 5.41) is 2.25. The van der Waals surface area contributed by atoms with Crippen LogP contribution in [0.4, 0.5) is 4.39 Å². The lowest BCUT2D eigenvalue weighted by molar-refractivity contribution is -0.136. The van der Waals surface area contributed by atoms with Gasteiger partial charge >= 0.3 is 0 Å². The number of imide groups is 1. The standard InChI is InChI=1S/C17H19FN2O3/c1-17(2,3)11-6-9-8-20(16(23)10(9)7-12(11)18)13-4-5-14(21)19-15(13)22/h6-7,13H,4-5,8H2,1-3H3,(H,19,21,22)/t13-/m0/s1. The molecule has 2 heterocycles. The van der Waals surface area contributed by atoms with Crippen molar-refractivity contribution in [2.45, 2.75) is 51.6 Å². The molecule has 3 rings (SSSR count). The van der Waals surface area contributed by atoms with Crippen LogP contribution in [-0.2, 0) is 21.5 Å². The van der Waals surface area contributed by atoms with E-state index < -0.39 is 17.8 Å². The van der Waals surface area contributed by atoms with Gasteiger partial charge in [0.15, 0.2) is 0 Å². The number of nitrogens with zero attached hydrogens (tertiary/aromatic N) is 1. The fourth-order valence-electron chi connectivity index (χ4n) is 3.16. The monoisotopic (exact) mass is 318 g/mol. The van der Waals surface area contributed by atoms with Crippen LogP contribution in [0.3, 0.4) is 0 Å². The van der Waals surface area contributed by atoms with Crippen LogP contribution in [0.5, 0.6) is 0 Å². The van der Waals surface area contributed by atoms with Gasteiger partial charge in [0.2, 0.25) is 11.8 Å². The lowest BCUT2D eigenvalue weighted by Gasteiger charge is -2.29. The fourth-order valence-corrected chi connectivity index (χ4v) is 3.16. The zero-order chi connectivity index (χ0) is 16.9. The number of carbonyl (C=O) groups excluding carboxylic acids is 3. The molecule has 1 aromatic rings. The molecule has 1 atom stereocenters. The van der Waals surface area contributed by atoms with E-state index in [4.69, 9.17) is 0 Å². The van der Waals surface area contributed by atoms with Crippen LogP contribution in [-0.4, -0.2) is 28.7 Å². The number of carbonyl (C=O) groups is 3. The predicted molar refractivity (Wildman–Crippen MR) is 81.1 cm³/mol. The summed E-state index contributed by atoms with van der Waals surface area (Å²) in [7, 11) is 0. The van der Waals surface area contributed by atoms with Crippen molar-refractivity contribution in [3.63, 3.8) is 0 Å². The average molecular weight is 318 g/mol. The maximum atomic E-state index is 14.3. The van der Waals surface area contributed by atoms with Crippen LogP contribution in [0.1, 0.15) is 55.1 Å². The highest BCUT2D eigenvalue weighted by molar-refractivity contribution is 6.05. The van der Waals surface area contributed by atoms with Gasteiger partial charge in [-0.25, -0.2) is 4.39 Å². The minimum absolute atomic E-state index is 0.206. The second kappa shape index (κ2) is 5.15. The molecule has 0 saturated carbocycles.